The van der Waals surface area contributed by atoms with E-state index < -0.39 is 30.1 Å². The quantitative estimate of drug-likeness (QED) is 0.336. The fourth-order valence-corrected chi connectivity index (χ4v) is 4.34. The lowest BCUT2D eigenvalue weighted by molar-refractivity contribution is -0.147. The summed E-state index contributed by atoms with van der Waals surface area (Å²) in [6.07, 6.45) is 3.49. The number of carboxylic acids is 2. The number of fused-ring (bicyclic) bond motifs is 1. The minimum atomic E-state index is -1.31. The summed E-state index contributed by atoms with van der Waals surface area (Å²) in [4.78, 5) is 25.4. The van der Waals surface area contributed by atoms with Gasteiger partial charge in [0.2, 0.25) is 0 Å². The van der Waals surface area contributed by atoms with E-state index in [0.717, 1.165) is 35.2 Å². The van der Waals surface area contributed by atoms with Crippen LogP contribution < -0.4 is 4.74 Å². The third-order valence-electron chi connectivity index (χ3n) is 6.54. The Morgan fingerprint density at radius 1 is 1.03 bits per heavy atom. The lowest BCUT2D eigenvalue weighted by atomic mass is 9.83. The van der Waals surface area contributed by atoms with Crippen molar-refractivity contribution in [1.29, 1.82) is 0 Å². The molecule has 1 aromatic heterocycles. The Morgan fingerprint density at radius 2 is 1.70 bits per heavy atom. The fraction of sp³-hybridized carbons (Fsp3) is 0.393. The van der Waals surface area contributed by atoms with Gasteiger partial charge in [-0.2, -0.15) is 0 Å². The topological polar surface area (TPSA) is 140 Å². The number of carbonyl (C=O) groups is 2. The molecule has 0 spiro atoms. The highest BCUT2D eigenvalue weighted by atomic mass is 16.5. The maximum atomic E-state index is 11.3. The monoisotopic (exact) mass is 510 g/mol. The van der Waals surface area contributed by atoms with E-state index in [2.05, 4.69) is 23.7 Å². The molecule has 0 unspecified atom stereocenters. The zero-order chi connectivity index (χ0) is 27.0. The van der Waals surface area contributed by atoms with E-state index in [4.69, 9.17) is 14.9 Å². The molecule has 0 bridgehead atoms. The summed E-state index contributed by atoms with van der Waals surface area (Å²) in [7, 11) is 0. The average Bonchev–Trinajstić information content (AvgIpc) is 2.85. The first kappa shape index (κ1) is 28.0. The molecule has 1 fully saturated rings. The van der Waals surface area contributed by atoms with Gasteiger partial charge in [-0.25, -0.2) is 0 Å². The minimum Gasteiger partial charge on any atom is -0.491 e. The largest absolute Gasteiger partial charge is 0.491 e. The predicted octanol–water partition coefficient (Wildman–Crippen LogP) is 3.12. The van der Waals surface area contributed by atoms with E-state index in [1.807, 2.05) is 48.7 Å². The molecular formula is C28H34N2O7. The van der Waals surface area contributed by atoms with E-state index in [9.17, 15) is 19.8 Å². The van der Waals surface area contributed by atoms with Crippen LogP contribution in [-0.4, -0.2) is 74.6 Å². The number of likely N-dealkylation sites (tertiary alicyclic amines) is 1. The summed E-state index contributed by atoms with van der Waals surface area (Å²) >= 11 is 0. The van der Waals surface area contributed by atoms with Crippen LogP contribution in [0.2, 0.25) is 0 Å². The Balaban J connectivity index is 0.000000479. The van der Waals surface area contributed by atoms with E-state index in [1.54, 1.807) is 6.20 Å². The molecule has 2 aromatic carbocycles. The lowest BCUT2D eigenvalue weighted by Crippen LogP contribution is -2.46. The third-order valence-corrected chi connectivity index (χ3v) is 6.54. The number of ether oxygens (including phenoxy) is 1. The van der Waals surface area contributed by atoms with Crippen LogP contribution in [0.5, 0.6) is 5.75 Å². The number of aliphatic hydroxyl groups excluding tert-OH is 1. The molecule has 9 heteroatoms. The molecule has 2 heterocycles. The number of hydrogen-bond acceptors (Lipinski definition) is 7. The molecular weight excluding hydrogens is 476 g/mol. The van der Waals surface area contributed by atoms with Crippen molar-refractivity contribution in [3.05, 3.63) is 71.5 Å². The normalized spacial score (nSPS) is 15.9. The number of hydrogen-bond donors (Lipinski definition) is 4. The van der Waals surface area contributed by atoms with Gasteiger partial charge in [-0.05, 0) is 55.3 Å². The standard InChI is InChI=1S/C25H30N2O3.C3H4O4/c1-18-7-8-22(13-19(18)2)30-17-21(28)16-27-11-9-25(29,10-12-27)24-15-26-14-20-5-3-4-6-23(20)24;4-2(5)1-3(6)7/h3-8,13-15,21,28-29H,9-12,16-17H2,1-2H3;1H2,(H,4,5)(H,6,7)/t21-;/m0./s1. The van der Waals surface area contributed by atoms with Gasteiger partial charge in [0.1, 0.15) is 24.9 Å². The summed E-state index contributed by atoms with van der Waals surface area (Å²) in [6.45, 7) is 6.37. The maximum Gasteiger partial charge on any atom is 0.314 e. The predicted molar refractivity (Wildman–Crippen MR) is 139 cm³/mol. The molecule has 0 aliphatic carbocycles. The van der Waals surface area contributed by atoms with Crippen LogP contribution in [-0.2, 0) is 15.2 Å². The molecule has 1 aliphatic rings. The molecule has 37 heavy (non-hydrogen) atoms. The Bertz CT molecular complexity index is 1200. The molecule has 4 N–H and O–H groups in total. The van der Waals surface area contributed by atoms with Gasteiger partial charge < -0.3 is 30.1 Å². The van der Waals surface area contributed by atoms with Crippen LogP contribution in [0.1, 0.15) is 36.0 Å². The second kappa shape index (κ2) is 12.6. The van der Waals surface area contributed by atoms with Crippen LogP contribution in [0.15, 0.2) is 54.9 Å². The second-order valence-corrected chi connectivity index (χ2v) is 9.42. The second-order valence-electron chi connectivity index (χ2n) is 9.42. The number of piperidine rings is 1. The van der Waals surface area contributed by atoms with Crippen LogP contribution in [0.25, 0.3) is 10.8 Å². The van der Waals surface area contributed by atoms with Crippen molar-refractivity contribution in [3.63, 3.8) is 0 Å². The highest BCUT2D eigenvalue weighted by molar-refractivity contribution is 5.88. The van der Waals surface area contributed by atoms with Crippen molar-refractivity contribution in [2.24, 2.45) is 0 Å². The number of aromatic nitrogens is 1. The summed E-state index contributed by atoms with van der Waals surface area (Å²) in [5, 5.41) is 39.3. The molecule has 0 saturated carbocycles. The molecule has 4 rings (SSSR count). The maximum absolute atomic E-state index is 11.3. The van der Waals surface area contributed by atoms with Gasteiger partial charge in [-0.1, -0.05) is 30.3 Å². The summed E-state index contributed by atoms with van der Waals surface area (Å²) in [5.41, 5.74) is 2.43. The number of β-amino-alcohol motifs (C(OH)–C–C–N with tert-alkyl or cyclic N) is 1. The highest BCUT2D eigenvalue weighted by Gasteiger charge is 2.35. The van der Waals surface area contributed by atoms with Gasteiger partial charge >= 0.3 is 11.9 Å². The fourth-order valence-electron chi connectivity index (χ4n) is 4.34. The summed E-state index contributed by atoms with van der Waals surface area (Å²) in [5.74, 6) is -1.84. The van der Waals surface area contributed by atoms with Gasteiger partial charge in [0.15, 0.2) is 0 Å². The number of aliphatic hydroxyl groups is 2. The van der Waals surface area contributed by atoms with Crippen molar-refractivity contribution in [3.8, 4) is 5.75 Å². The van der Waals surface area contributed by atoms with Crippen LogP contribution >= 0.6 is 0 Å². The van der Waals surface area contributed by atoms with E-state index in [0.29, 0.717) is 19.4 Å². The van der Waals surface area contributed by atoms with Crippen molar-refractivity contribution < 1.29 is 34.8 Å². The van der Waals surface area contributed by atoms with Gasteiger partial charge in [0.25, 0.3) is 0 Å². The molecule has 198 valence electrons. The van der Waals surface area contributed by atoms with Gasteiger partial charge in [-0.3, -0.25) is 14.6 Å². The van der Waals surface area contributed by atoms with Gasteiger partial charge in [-0.15, -0.1) is 0 Å². The first-order valence-electron chi connectivity index (χ1n) is 12.2. The summed E-state index contributed by atoms with van der Waals surface area (Å²) in [6, 6.07) is 14.0. The molecule has 0 amide bonds. The first-order chi connectivity index (χ1) is 17.6. The van der Waals surface area contributed by atoms with Crippen LogP contribution in [0.3, 0.4) is 0 Å². The van der Waals surface area contributed by atoms with E-state index in [1.165, 1.54) is 11.1 Å². The molecule has 1 aliphatic heterocycles. The molecule has 1 saturated heterocycles. The number of benzene rings is 2. The molecule has 9 nitrogen and oxygen atoms in total. The minimum absolute atomic E-state index is 0.260. The van der Waals surface area contributed by atoms with Gasteiger partial charge in [0, 0.05) is 43.0 Å². The number of nitrogens with zero attached hydrogens (tertiary/aromatic N) is 2. The zero-order valence-corrected chi connectivity index (χ0v) is 21.1. The smallest absolute Gasteiger partial charge is 0.314 e. The highest BCUT2D eigenvalue weighted by Crippen LogP contribution is 2.36. The average molecular weight is 511 g/mol. The van der Waals surface area contributed by atoms with Crippen molar-refractivity contribution in [2.75, 3.05) is 26.2 Å². The number of aliphatic carboxylic acids is 2. The zero-order valence-electron chi connectivity index (χ0n) is 21.1. The van der Waals surface area contributed by atoms with Crippen molar-refractivity contribution in [1.82, 2.24) is 9.88 Å². The number of rotatable bonds is 8. The Morgan fingerprint density at radius 3 is 2.32 bits per heavy atom. The first-order valence-corrected chi connectivity index (χ1v) is 12.2. The van der Waals surface area contributed by atoms with Gasteiger partial charge in [0.05, 0.1) is 5.60 Å². The number of carboxylic acid groups (broad SMARTS) is 2. The number of pyridine rings is 1. The Kier molecular flexibility index (Phi) is 9.57. The third kappa shape index (κ3) is 7.98. The molecule has 0 radical (unpaired) electrons. The van der Waals surface area contributed by atoms with Crippen LogP contribution in [0, 0.1) is 13.8 Å². The summed E-state index contributed by atoms with van der Waals surface area (Å²) < 4.78 is 5.77. The van der Waals surface area contributed by atoms with E-state index >= 15 is 0 Å². The SMILES string of the molecule is Cc1ccc(OC[C@@H](O)CN2CCC(O)(c3cncc4ccccc34)CC2)cc1C.O=C(O)CC(=O)O. The van der Waals surface area contributed by atoms with E-state index in [-0.39, 0.29) is 6.61 Å². The van der Waals surface area contributed by atoms with Crippen LogP contribution in [0.4, 0.5) is 0 Å². The van der Waals surface area contributed by atoms with Crippen molar-refractivity contribution in [2.45, 2.75) is 44.8 Å². The molecule has 3 aromatic rings. The van der Waals surface area contributed by atoms with Crippen molar-refractivity contribution >= 4 is 22.7 Å². The Labute approximate surface area is 216 Å². The lowest BCUT2D eigenvalue weighted by Gasteiger charge is -2.39. The molecule has 1 atom stereocenters. The number of aryl methyl sites for hydroxylation is 2. The Hall–Kier alpha value is -3.53.